The summed E-state index contributed by atoms with van der Waals surface area (Å²) in [6.07, 6.45) is 2.17. The van der Waals surface area contributed by atoms with Gasteiger partial charge in [0.1, 0.15) is 0 Å². The second-order valence-electron chi connectivity index (χ2n) is 5.61. The first-order valence-electron chi connectivity index (χ1n) is 7.41. The third kappa shape index (κ3) is 5.00. The third-order valence-corrected chi connectivity index (χ3v) is 3.98. The highest BCUT2D eigenvalue weighted by molar-refractivity contribution is 5.19. The smallest absolute Gasteiger partial charge is 0.194 e. The molecule has 0 bridgehead atoms. The zero-order valence-electron chi connectivity index (χ0n) is 13.2. The van der Waals surface area contributed by atoms with Gasteiger partial charge in [0, 0.05) is 19.1 Å². The fourth-order valence-corrected chi connectivity index (χ4v) is 2.68. The Bertz CT molecular complexity index is 422. The summed E-state index contributed by atoms with van der Waals surface area (Å²) in [5.74, 6) is -3.14. The van der Waals surface area contributed by atoms with E-state index >= 15 is 0 Å². The van der Waals surface area contributed by atoms with Gasteiger partial charge in [0.05, 0.1) is 0 Å². The van der Waals surface area contributed by atoms with E-state index in [1.165, 1.54) is 0 Å². The lowest BCUT2D eigenvalue weighted by atomic mass is 9.93. The van der Waals surface area contributed by atoms with Gasteiger partial charge in [-0.1, -0.05) is 26.7 Å². The van der Waals surface area contributed by atoms with E-state index < -0.39 is 17.5 Å². The lowest BCUT2D eigenvalue weighted by molar-refractivity contribution is 0.194. The summed E-state index contributed by atoms with van der Waals surface area (Å²) in [6, 6.07) is 2.43. The van der Waals surface area contributed by atoms with Gasteiger partial charge in [-0.3, -0.25) is 0 Å². The van der Waals surface area contributed by atoms with Crippen LogP contribution >= 0.6 is 0 Å². The van der Waals surface area contributed by atoms with Gasteiger partial charge in [0.25, 0.3) is 0 Å². The summed E-state index contributed by atoms with van der Waals surface area (Å²) in [5.41, 5.74) is 0.411. The van der Waals surface area contributed by atoms with Crippen molar-refractivity contribution in [2.75, 3.05) is 20.6 Å². The Morgan fingerprint density at radius 2 is 1.57 bits per heavy atom. The van der Waals surface area contributed by atoms with E-state index in [1.807, 2.05) is 14.1 Å². The normalized spacial score (nSPS) is 13.2. The molecule has 0 heterocycles. The predicted octanol–water partition coefficient (Wildman–Crippen LogP) is 3.56. The number of rotatable bonds is 8. The van der Waals surface area contributed by atoms with Gasteiger partial charge in [-0.05, 0) is 37.7 Å². The van der Waals surface area contributed by atoms with Crippen LogP contribution in [0.3, 0.4) is 0 Å². The summed E-state index contributed by atoms with van der Waals surface area (Å²) in [7, 11) is 4.06. The van der Waals surface area contributed by atoms with E-state index in [1.54, 1.807) is 0 Å². The molecule has 21 heavy (non-hydrogen) atoms. The van der Waals surface area contributed by atoms with Gasteiger partial charge >= 0.3 is 0 Å². The molecule has 0 amide bonds. The van der Waals surface area contributed by atoms with Crippen molar-refractivity contribution in [3.05, 3.63) is 35.1 Å². The van der Waals surface area contributed by atoms with Crippen molar-refractivity contribution in [1.82, 2.24) is 10.2 Å². The van der Waals surface area contributed by atoms with Gasteiger partial charge in [-0.2, -0.15) is 0 Å². The van der Waals surface area contributed by atoms with E-state index in [9.17, 15) is 13.2 Å². The molecule has 1 aromatic rings. The Hall–Kier alpha value is -1.07. The Labute approximate surface area is 125 Å². The van der Waals surface area contributed by atoms with Crippen molar-refractivity contribution >= 4 is 0 Å². The minimum atomic E-state index is -1.41. The minimum absolute atomic E-state index is 0.318. The van der Waals surface area contributed by atoms with Gasteiger partial charge in [0.2, 0.25) is 0 Å². The van der Waals surface area contributed by atoms with Crippen LogP contribution < -0.4 is 5.32 Å². The SMILES string of the molecule is CCC(CC)C(CNCc1cc(F)c(F)c(F)c1)N(C)C. The van der Waals surface area contributed by atoms with Gasteiger partial charge in [-0.25, -0.2) is 13.2 Å². The summed E-state index contributed by atoms with van der Waals surface area (Å²) in [4.78, 5) is 2.16. The highest BCUT2D eigenvalue weighted by atomic mass is 19.2. The zero-order valence-corrected chi connectivity index (χ0v) is 13.2. The molecule has 1 rings (SSSR count). The number of halogens is 3. The Morgan fingerprint density at radius 1 is 1.05 bits per heavy atom. The lowest BCUT2D eigenvalue weighted by Gasteiger charge is -2.31. The largest absolute Gasteiger partial charge is 0.311 e. The molecule has 1 atom stereocenters. The average Bonchev–Trinajstić information content (AvgIpc) is 2.43. The molecule has 0 aliphatic carbocycles. The molecule has 0 aliphatic heterocycles. The first-order chi connectivity index (χ1) is 9.90. The maximum absolute atomic E-state index is 13.1. The molecule has 5 heteroatoms. The van der Waals surface area contributed by atoms with Gasteiger partial charge in [-0.15, -0.1) is 0 Å². The van der Waals surface area contributed by atoms with Crippen LogP contribution in [0.2, 0.25) is 0 Å². The third-order valence-electron chi connectivity index (χ3n) is 3.98. The molecule has 0 radical (unpaired) electrons. The second kappa shape index (κ2) is 8.39. The number of likely N-dealkylation sites (N-methyl/N-ethyl adjacent to an activating group) is 1. The molecule has 0 aliphatic rings. The van der Waals surface area contributed by atoms with Crippen molar-refractivity contribution in [2.45, 2.75) is 39.3 Å². The molecule has 2 nitrogen and oxygen atoms in total. The molecular formula is C16H25F3N2. The highest BCUT2D eigenvalue weighted by Gasteiger charge is 2.20. The van der Waals surface area contributed by atoms with Crippen LogP contribution in [-0.4, -0.2) is 31.6 Å². The monoisotopic (exact) mass is 302 g/mol. The number of nitrogens with one attached hydrogen (secondary N) is 1. The first-order valence-corrected chi connectivity index (χ1v) is 7.41. The molecule has 1 unspecified atom stereocenters. The standard InChI is InChI=1S/C16H25F3N2/c1-5-12(6-2)15(21(3)4)10-20-9-11-7-13(17)16(19)14(18)8-11/h7-8,12,15,20H,5-6,9-10H2,1-4H3. The number of nitrogens with zero attached hydrogens (tertiary/aromatic N) is 1. The van der Waals surface area contributed by atoms with E-state index in [-0.39, 0.29) is 0 Å². The van der Waals surface area contributed by atoms with Crippen LogP contribution in [0.15, 0.2) is 12.1 Å². The summed E-state index contributed by atoms with van der Waals surface area (Å²) < 4.78 is 39.2. The summed E-state index contributed by atoms with van der Waals surface area (Å²) >= 11 is 0. The molecule has 120 valence electrons. The molecule has 1 N–H and O–H groups in total. The fraction of sp³-hybridized carbons (Fsp3) is 0.625. The number of benzene rings is 1. The highest BCUT2D eigenvalue weighted by Crippen LogP contribution is 2.17. The van der Waals surface area contributed by atoms with Crippen LogP contribution in [0.4, 0.5) is 13.2 Å². The molecule has 1 aromatic carbocycles. The van der Waals surface area contributed by atoms with E-state index in [4.69, 9.17) is 0 Å². The maximum Gasteiger partial charge on any atom is 0.194 e. The summed E-state index contributed by atoms with van der Waals surface area (Å²) in [5, 5.41) is 3.21. The van der Waals surface area contributed by atoms with Crippen molar-refractivity contribution < 1.29 is 13.2 Å². The van der Waals surface area contributed by atoms with Crippen LogP contribution in [0.1, 0.15) is 32.3 Å². The Kier molecular flexibility index (Phi) is 7.18. The van der Waals surface area contributed by atoms with Crippen molar-refractivity contribution in [3.63, 3.8) is 0 Å². The molecule has 0 aromatic heterocycles. The molecular weight excluding hydrogens is 277 g/mol. The van der Waals surface area contributed by atoms with Crippen LogP contribution in [0.5, 0.6) is 0 Å². The Balaban J connectivity index is 2.62. The van der Waals surface area contributed by atoms with Crippen LogP contribution in [0, 0.1) is 23.4 Å². The fourth-order valence-electron chi connectivity index (χ4n) is 2.68. The molecule has 0 saturated carbocycles. The average molecular weight is 302 g/mol. The second-order valence-corrected chi connectivity index (χ2v) is 5.61. The number of hydrogen-bond acceptors (Lipinski definition) is 2. The van der Waals surface area contributed by atoms with Crippen molar-refractivity contribution in [2.24, 2.45) is 5.92 Å². The first kappa shape index (κ1) is 18.0. The minimum Gasteiger partial charge on any atom is -0.311 e. The Morgan fingerprint density at radius 3 is 2.00 bits per heavy atom. The van der Waals surface area contributed by atoms with Crippen LogP contribution in [0.25, 0.3) is 0 Å². The van der Waals surface area contributed by atoms with E-state index in [0.29, 0.717) is 24.1 Å². The predicted molar refractivity (Wildman–Crippen MR) is 79.6 cm³/mol. The molecule has 0 fully saturated rings. The topological polar surface area (TPSA) is 15.3 Å². The van der Waals surface area contributed by atoms with Crippen molar-refractivity contribution in [3.8, 4) is 0 Å². The van der Waals surface area contributed by atoms with Crippen molar-refractivity contribution in [1.29, 1.82) is 0 Å². The summed E-state index contributed by atoms with van der Waals surface area (Å²) in [6.45, 7) is 5.36. The van der Waals surface area contributed by atoms with Gasteiger partial charge in [0.15, 0.2) is 17.5 Å². The number of hydrogen-bond donors (Lipinski definition) is 1. The van der Waals surface area contributed by atoms with E-state index in [2.05, 4.69) is 24.1 Å². The van der Waals surface area contributed by atoms with Gasteiger partial charge < -0.3 is 10.2 Å². The maximum atomic E-state index is 13.1. The quantitative estimate of drug-likeness (QED) is 0.739. The van der Waals surface area contributed by atoms with E-state index in [0.717, 1.165) is 31.5 Å². The van der Waals surface area contributed by atoms with Crippen LogP contribution in [-0.2, 0) is 6.54 Å². The zero-order chi connectivity index (χ0) is 16.0. The molecule has 0 saturated heterocycles. The molecule has 0 spiro atoms. The lowest BCUT2D eigenvalue weighted by Crippen LogP contribution is -2.42.